The van der Waals surface area contributed by atoms with Crippen LogP contribution in [0.3, 0.4) is 0 Å². The van der Waals surface area contributed by atoms with Crippen LogP contribution in [0.5, 0.6) is 0 Å². The minimum absolute atomic E-state index is 0.273. The molecule has 0 spiro atoms. The van der Waals surface area contributed by atoms with Gasteiger partial charge >= 0.3 is 0 Å². The lowest BCUT2D eigenvalue weighted by Crippen LogP contribution is -2.25. The summed E-state index contributed by atoms with van der Waals surface area (Å²) in [6.45, 7) is 2.70. The maximum Gasteiger partial charge on any atom is 0.240 e. The molecule has 3 N–H and O–H groups in total. The van der Waals surface area contributed by atoms with Crippen LogP contribution >= 0.6 is 11.6 Å². The van der Waals surface area contributed by atoms with Gasteiger partial charge in [-0.3, -0.25) is 0 Å². The first-order valence-corrected chi connectivity index (χ1v) is 7.29. The average Bonchev–Trinajstić information content (AvgIpc) is 2.24. The molecule has 0 aliphatic heterocycles. The molecule has 17 heavy (non-hydrogen) atoms. The molecule has 0 aromatic heterocycles. The summed E-state index contributed by atoms with van der Waals surface area (Å²) in [4.78, 5) is 0.273. The van der Waals surface area contributed by atoms with Crippen LogP contribution in [-0.2, 0) is 10.0 Å². The van der Waals surface area contributed by atoms with Gasteiger partial charge in [0.25, 0.3) is 0 Å². The Kier molecular flexibility index (Phi) is 5.39. The summed E-state index contributed by atoms with van der Waals surface area (Å²) in [5, 5.41) is 0.532. The molecule has 0 bridgehead atoms. The molecule has 1 aromatic carbocycles. The molecular weight excluding hydrogens is 260 g/mol. The van der Waals surface area contributed by atoms with Gasteiger partial charge in [0.15, 0.2) is 0 Å². The molecule has 6 heteroatoms. The number of aryl methyl sites for hydroxylation is 1. The molecule has 1 rings (SSSR count). The first-order chi connectivity index (χ1) is 7.97. The van der Waals surface area contributed by atoms with Crippen molar-refractivity contribution in [2.24, 2.45) is 5.73 Å². The van der Waals surface area contributed by atoms with E-state index in [1.165, 1.54) is 6.07 Å². The lowest BCUT2D eigenvalue weighted by Gasteiger charge is -2.09. The molecule has 0 aliphatic rings. The van der Waals surface area contributed by atoms with Crippen molar-refractivity contribution in [3.8, 4) is 0 Å². The van der Waals surface area contributed by atoms with Gasteiger partial charge in [-0.2, -0.15) is 0 Å². The molecule has 0 saturated carbocycles. The molecule has 0 atom stereocenters. The molecule has 0 fully saturated rings. The Morgan fingerprint density at radius 3 is 2.65 bits per heavy atom. The number of nitrogens with two attached hydrogens (primary N) is 1. The quantitative estimate of drug-likeness (QED) is 0.776. The number of unbranched alkanes of at least 4 members (excludes halogenated alkanes) is 1. The van der Waals surface area contributed by atoms with Crippen LogP contribution in [-0.4, -0.2) is 21.5 Å². The van der Waals surface area contributed by atoms with E-state index < -0.39 is 10.0 Å². The van der Waals surface area contributed by atoms with Crippen LogP contribution in [0.1, 0.15) is 18.4 Å². The number of benzene rings is 1. The second kappa shape index (κ2) is 6.35. The van der Waals surface area contributed by atoms with Gasteiger partial charge in [-0.05, 0) is 50.1 Å². The van der Waals surface area contributed by atoms with E-state index in [1.807, 2.05) is 0 Å². The fourth-order valence-electron chi connectivity index (χ4n) is 1.47. The number of halogens is 1. The smallest absolute Gasteiger partial charge is 0.240 e. The molecule has 0 radical (unpaired) electrons. The van der Waals surface area contributed by atoms with Crippen LogP contribution < -0.4 is 10.5 Å². The first-order valence-electron chi connectivity index (χ1n) is 5.43. The highest BCUT2D eigenvalue weighted by atomic mass is 35.5. The molecule has 1 aromatic rings. The highest BCUT2D eigenvalue weighted by Gasteiger charge is 2.15. The third kappa shape index (κ3) is 4.27. The van der Waals surface area contributed by atoms with Gasteiger partial charge in [0, 0.05) is 11.6 Å². The third-order valence-electron chi connectivity index (χ3n) is 2.35. The third-order valence-corrected chi connectivity index (χ3v) is 4.21. The summed E-state index contributed by atoms with van der Waals surface area (Å²) < 4.78 is 26.4. The second-order valence-electron chi connectivity index (χ2n) is 3.80. The number of sulfonamides is 1. The van der Waals surface area contributed by atoms with Crippen LogP contribution in [0.2, 0.25) is 5.02 Å². The van der Waals surface area contributed by atoms with Gasteiger partial charge in [-0.1, -0.05) is 11.6 Å². The Hall–Kier alpha value is -0.620. The molecule has 0 aliphatic carbocycles. The minimum Gasteiger partial charge on any atom is -0.330 e. The molecule has 0 amide bonds. The second-order valence-corrected chi connectivity index (χ2v) is 5.98. The van der Waals surface area contributed by atoms with Crippen LogP contribution in [0.25, 0.3) is 0 Å². The van der Waals surface area contributed by atoms with Gasteiger partial charge in [0.1, 0.15) is 0 Å². The highest BCUT2D eigenvalue weighted by molar-refractivity contribution is 7.89. The molecule has 96 valence electrons. The maximum absolute atomic E-state index is 11.9. The van der Waals surface area contributed by atoms with Crippen LogP contribution in [0.15, 0.2) is 23.1 Å². The van der Waals surface area contributed by atoms with Gasteiger partial charge in [-0.15, -0.1) is 0 Å². The zero-order valence-electron chi connectivity index (χ0n) is 9.74. The summed E-state index contributed by atoms with van der Waals surface area (Å²) in [5.74, 6) is 0. The predicted octanol–water partition coefficient (Wildman–Crippen LogP) is 1.67. The number of hydrogen-bond acceptors (Lipinski definition) is 3. The molecule has 0 saturated heterocycles. The zero-order valence-corrected chi connectivity index (χ0v) is 11.3. The monoisotopic (exact) mass is 276 g/mol. The van der Waals surface area contributed by atoms with Crippen LogP contribution in [0.4, 0.5) is 0 Å². The first kappa shape index (κ1) is 14.4. The van der Waals surface area contributed by atoms with Crippen molar-refractivity contribution in [1.82, 2.24) is 4.72 Å². The number of hydrogen-bond donors (Lipinski definition) is 2. The molecule has 0 heterocycles. The van der Waals surface area contributed by atoms with Crippen molar-refractivity contribution in [3.63, 3.8) is 0 Å². The number of nitrogens with one attached hydrogen (secondary N) is 1. The van der Waals surface area contributed by atoms with Crippen molar-refractivity contribution in [1.29, 1.82) is 0 Å². The fraction of sp³-hybridized carbons (Fsp3) is 0.455. The largest absolute Gasteiger partial charge is 0.330 e. The minimum atomic E-state index is -3.44. The summed E-state index contributed by atoms with van der Waals surface area (Å²) in [6.07, 6.45) is 1.55. The van der Waals surface area contributed by atoms with E-state index in [2.05, 4.69) is 4.72 Å². The van der Waals surface area contributed by atoms with Gasteiger partial charge < -0.3 is 5.73 Å². The van der Waals surface area contributed by atoms with Crippen molar-refractivity contribution in [3.05, 3.63) is 28.8 Å². The Morgan fingerprint density at radius 2 is 2.06 bits per heavy atom. The van der Waals surface area contributed by atoms with Gasteiger partial charge in [0.05, 0.1) is 4.90 Å². The van der Waals surface area contributed by atoms with E-state index in [9.17, 15) is 8.42 Å². The Morgan fingerprint density at radius 1 is 1.35 bits per heavy atom. The lowest BCUT2D eigenvalue weighted by molar-refractivity contribution is 0.576. The van der Waals surface area contributed by atoms with E-state index in [0.717, 1.165) is 12.8 Å². The summed E-state index contributed by atoms with van der Waals surface area (Å²) in [5.41, 5.74) is 5.98. The van der Waals surface area contributed by atoms with E-state index >= 15 is 0 Å². The fourth-order valence-corrected chi connectivity index (χ4v) is 2.99. The highest BCUT2D eigenvalue weighted by Crippen LogP contribution is 2.19. The van der Waals surface area contributed by atoms with E-state index in [-0.39, 0.29) is 4.90 Å². The zero-order chi connectivity index (χ0) is 12.9. The normalized spacial score (nSPS) is 11.7. The van der Waals surface area contributed by atoms with E-state index in [0.29, 0.717) is 23.7 Å². The van der Waals surface area contributed by atoms with E-state index in [1.54, 1.807) is 19.1 Å². The number of rotatable bonds is 6. The summed E-state index contributed by atoms with van der Waals surface area (Å²) >= 11 is 5.78. The molecule has 4 nitrogen and oxygen atoms in total. The van der Waals surface area contributed by atoms with Crippen molar-refractivity contribution < 1.29 is 8.42 Å². The molecular formula is C11H17ClN2O2S. The van der Waals surface area contributed by atoms with Gasteiger partial charge in [0.2, 0.25) is 10.0 Å². The Bertz CT molecular complexity index is 474. The van der Waals surface area contributed by atoms with Crippen LogP contribution in [0, 0.1) is 6.92 Å². The standard InChI is InChI=1S/C11H17ClN2O2S/c1-9-8-10(12)4-5-11(9)17(15,16)14-7-3-2-6-13/h4-5,8,14H,2-3,6-7,13H2,1H3. The predicted molar refractivity (Wildman–Crippen MR) is 69.7 cm³/mol. The Balaban J connectivity index is 2.76. The van der Waals surface area contributed by atoms with E-state index in [4.69, 9.17) is 17.3 Å². The summed E-state index contributed by atoms with van der Waals surface area (Å²) in [7, 11) is -3.44. The maximum atomic E-state index is 11.9. The molecule has 0 unspecified atom stereocenters. The van der Waals surface area contributed by atoms with Gasteiger partial charge in [-0.25, -0.2) is 13.1 Å². The van der Waals surface area contributed by atoms with Crippen molar-refractivity contribution >= 4 is 21.6 Å². The Labute approximate surface area is 107 Å². The summed E-state index contributed by atoms with van der Waals surface area (Å²) in [6, 6.07) is 4.72. The van der Waals surface area contributed by atoms with Crippen molar-refractivity contribution in [2.45, 2.75) is 24.7 Å². The van der Waals surface area contributed by atoms with Crippen molar-refractivity contribution in [2.75, 3.05) is 13.1 Å². The lowest BCUT2D eigenvalue weighted by atomic mass is 10.2. The average molecular weight is 277 g/mol. The SMILES string of the molecule is Cc1cc(Cl)ccc1S(=O)(=O)NCCCCN. The topological polar surface area (TPSA) is 72.2 Å².